The van der Waals surface area contributed by atoms with Gasteiger partial charge in [0.2, 0.25) is 0 Å². The summed E-state index contributed by atoms with van der Waals surface area (Å²) in [4.78, 5) is 11.8. The fourth-order valence-electron chi connectivity index (χ4n) is 6.73. The van der Waals surface area contributed by atoms with Crippen molar-refractivity contribution in [3.05, 3.63) is 11.6 Å². The quantitative estimate of drug-likeness (QED) is 0.723. The standard InChI is InChI=1S/C19H28O3/c1-18-9-13(21)8-15(18)14-4-3-11-7-12(20)5-6-19(11,2)17(14)16(22)10-18/h7,13-17,21-22H,3-6,8-10H2,1-2H3/t13-,14-,15-,16+,17+,18-,19-/m0/s1. The van der Waals surface area contributed by atoms with Crippen molar-refractivity contribution in [2.75, 3.05) is 0 Å². The number of carbonyl (C=O) groups is 1. The van der Waals surface area contributed by atoms with E-state index in [2.05, 4.69) is 13.8 Å². The maximum atomic E-state index is 11.8. The molecule has 3 nitrogen and oxygen atoms in total. The number of ketones is 1. The molecule has 0 radical (unpaired) electrons. The second-order valence-electron chi connectivity index (χ2n) is 8.91. The van der Waals surface area contributed by atoms with Crippen LogP contribution in [-0.2, 0) is 4.79 Å². The zero-order valence-electron chi connectivity index (χ0n) is 13.7. The molecule has 122 valence electrons. The first-order chi connectivity index (χ1) is 10.3. The molecule has 0 unspecified atom stereocenters. The molecule has 3 saturated carbocycles. The summed E-state index contributed by atoms with van der Waals surface area (Å²) in [7, 11) is 0. The minimum absolute atomic E-state index is 0.00881. The Hall–Kier alpha value is -0.670. The van der Waals surface area contributed by atoms with E-state index in [1.54, 1.807) is 0 Å². The monoisotopic (exact) mass is 304 g/mol. The first kappa shape index (κ1) is 14.9. The summed E-state index contributed by atoms with van der Waals surface area (Å²) in [5.74, 6) is 1.56. The van der Waals surface area contributed by atoms with Gasteiger partial charge in [0.1, 0.15) is 0 Å². The van der Waals surface area contributed by atoms with Crippen LogP contribution < -0.4 is 0 Å². The molecular formula is C19H28O3. The Kier molecular flexibility index (Phi) is 3.16. The van der Waals surface area contributed by atoms with E-state index in [-0.39, 0.29) is 34.7 Å². The smallest absolute Gasteiger partial charge is 0.155 e. The molecule has 3 heteroatoms. The molecular weight excluding hydrogens is 276 g/mol. The normalized spacial score (nSPS) is 54.3. The summed E-state index contributed by atoms with van der Waals surface area (Å²) in [5.41, 5.74) is 1.37. The average Bonchev–Trinajstić information content (AvgIpc) is 2.73. The number of hydrogen-bond acceptors (Lipinski definition) is 3. The van der Waals surface area contributed by atoms with Gasteiger partial charge in [0.05, 0.1) is 12.2 Å². The van der Waals surface area contributed by atoms with Crippen molar-refractivity contribution in [3.8, 4) is 0 Å². The fraction of sp³-hybridized carbons (Fsp3) is 0.842. The van der Waals surface area contributed by atoms with Crippen LogP contribution in [0.4, 0.5) is 0 Å². The van der Waals surface area contributed by atoms with Gasteiger partial charge in [0, 0.05) is 6.42 Å². The Labute approximate surface area is 132 Å². The number of fused-ring (bicyclic) bond motifs is 5. The van der Waals surface area contributed by atoms with Crippen molar-refractivity contribution in [2.45, 2.75) is 71.0 Å². The lowest BCUT2D eigenvalue weighted by Gasteiger charge is -2.59. The predicted octanol–water partition coefficient (Wildman–Crippen LogP) is 2.85. The van der Waals surface area contributed by atoms with E-state index in [0.717, 1.165) is 38.5 Å². The molecule has 0 amide bonds. The van der Waals surface area contributed by atoms with E-state index in [0.29, 0.717) is 18.3 Å². The van der Waals surface area contributed by atoms with Crippen molar-refractivity contribution in [3.63, 3.8) is 0 Å². The summed E-state index contributed by atoms with van der Waals surface area (Å²) in [6, 6.07) is 0. The van der Waals surface area contributed by atoms with Gasteiger partial charge in [0.25, 0.3) is 0 Å². The molecule has 4 aliphatic rings. The van der Waals surface area contributed by atoms with Crippen LogP contribution in [0.25, 0.3) is 0 Å². The Morgan fingerprint density at radius 3 is 2.73 bits per heavy atom. The molecule has 0 saturated heterocycles. The highest BCUT2D eigenvalue weighted by molar-refractivity contribution is 5.91. The molecule has 0 aliphatic heterocycles. The third-order valence-electron chi connectivity index (χ3n) is 7.63. The van der Waals surface area contributed by atoms with Crippen LogP contribution >= 0.6 is 0 Å². The second kappa shape index (κ2) is 4.67. The lowest BCUT2D eigenvalue weighted by Crippen LogP contribution is -2.55. The summed E-state index contributed by atoms with van der Waals surface area (Å²) in [6.07, 6.45) is 7.53. The Morgan fingerprint density at radius 1 is 1.18 bits per heavy atom. The summed E-state index contributed by atoms with van der Waals surface area (Å²) >= 11 is 0. The summed E-state index contributed by atoms with van der Waals surface area (Å²) in [5, 5.41) is 21.2. The lowest BCUT2D eigenvalue weighted by atomic mass is 9.46. The zero-order valence-corrected chi connectivity index (χ0v) is 13.7. The maximum Gasteiger partial charge on any atom is 0.155 e. The molecule has 0 aromatic carbocycles. The molecule has 2 N–H and O–H groups in total. The topological polar surface area (TPSA) is 57.5 Å². The highest BCUT2D eigenvalue weighted by Crippen LogP contribution is 2.65. The van der Waals surface area contributed by atoms with Crippen molar-refractivity contribution < 1.29 is 15.0 Å². The summed E-state index contributed by atoms with van der Waals surface area (Å²) < 4.78 is 0. The van der Waals surface area contributed by atoms with Crippen molar-refractivity contribution in [1.82, 2.24) is 0 Å². The van der Waals surface area contributed by atoms with Gasteiger partial charge < -0.3 is 10.2 Å². The van der Waals surface area contributed by atoms with Gasteiger partial charge in [-0.25, -0.2) is 0 Å². The molecule has 22 heavy (non-hydrogen) atoms. The second-order valence-corrected chi connectivity index (χ2v) is 8.91. The van der Waals surface area contributed by atoms with Crippen LogP contribution in [0.5, 0.6) is 0 Å². The van der Waals surface area contributed by atoms with Crippen molar-refractivity contribution in [2.24, 2.45) is 28.6 Å². The minimum atomic E-state index is -0.293. The molecule has 0 spiro atoms. The van der Waals surface area contributed by atoms with Crippen LogP contribution in [0.2, 0.25) is 0 Å². The van der Waals surface area contributed by atoms with E-state index in [1.165, 1.54) is 5.57 Å². The van der Waals surface area contributed by atoms with E-state index in [9.17, 15) is 15.0 Å². The Bertz CT molecular complexity index is 539. The molecule has 4 rings (SSSR count). The predicted molar refractivity (Wildman–Crippen MR) is 84.1 cm³/mol. The highest BCUT2D eigenvalue weighted by atomic mass is 16.3. The van der Waals surface area contributed by atoms with Gasteiger partial charge in [-0.05, 0) is 73.2 Å². The van der Waals surface area contributed by atoms with Crippen molar-refractivity contribution >= 4 is 5.78 Å². The Balaban J connectivity index is 1.73. The highest BCUT2D eigenvalue weighted by Gasteiger charge is 2.60. The fourth-order valence-corrected chi connectivity index (χ4v) is 6.73. The lowest BCUT2D eigenvalue weighted by molar-refractivity contribution is -0.127. The number of rotatable bonds is 0. The first-order valence-corrected chi connectivity index (χ1v) is 8.93. The molecule has 0 bridgehead atoms. The maximum absolute atomic E-state index is 11.8. The molecule has 0 heterocycles. The zero-order chi connectivity index (χ0) is 15.7. The van der Waals surface area contributed by atoms with Crippen LogP contribution in [0.1, 0.15) is 58.8 Å². The molecule has 4 aliphatic carbocycles. The third kappa shape index (κ3) is 1.91. The largest absolute Gasteiger partial charge is 0.393 e. The molecule has 0 aromatic rings. The SMILES string of the molecule is C[C@@]12C[C@@H](O)C[C@H]1[C@@H]1CCC3=CC(=O)CC[C@]3(C)[C@H]1[C@H](O)C2. The van der Waals surface area contributed by atoms with Crippen LogP contribution in [0.15, 0.2) is 11.6 Å². The van der Waals surface area contributed by atoms with Crippen LogP contribution in [-0.4, -0.2) is 28.2 Å². The number of allylic oxidation sites excluding steroid dienone is 1. The van der Waals surface area contributed by atoms with E-state index < -0.39 is 0 Å². The van der Waals surface area contributed by atoms with Gasteiger partial charge in [-0.1, -0.05) is 19.4 Å². The van der Waals surface area contributed by atoms with Crippen molar-refractivity contribution in [1.29, 1.82) is 0 Å². The van der Waals surface area contributed by atoms with Gasteiger partial charge in [-0.3, -0.25) is 4.79 Å². The number of carbonyl (C=O) groups excluding carboxylic acids is 1. The first-order valence-electron chi connectivity index (χ1n) is 8.93. The van der Waals surface area contributed by atoms with Gasteiger partial charge in [-0.15, -0.1) is 0 Å². The van der Waals surface area contributed by atoms with Gasteiger partial charge >= 0.3 is 0 Å². The molecule has 0 aromatic heterocycles. The van der Waals surface area contributed by atoms with Crippen LogP contribution in [0.3, 0.4) is 0 Å². The van der Waals surface area contributed by atoms with Crippen LogP contribution in [0, 0.1) is 28.6 Å². The van der Waals surface area contributed by atoms with Gasteiger partial charge in [-0.2, -0.15) is 0 Å². The number of aliphatic hydroxyl groups excluding tert-OH is 2. The number of aliphatic hydroxyl groups is 2. The molecule has 7 atom stereocenters. The molecule has 3 fully saturated rings. The summed E-state index contributed by atoms with van der Waals surface area (Å²) in [6.45, 7) is 4.55. The third-order valence-corrected chi connectivity index (χ3v) is 7.63. The van der Waals surface area contributed by atoms with E-state index in [1.807, 2.05) is 6.08 Å². The van der Waals surface area contributed by atoms with E-state index >= 15 is 0 Å². The Morgan fingerprint density at radius 2 is 1.95 bits per heavy atom. The van der Waals surface area contributed by atoms with E-state index in [4.69, 9.17) is 0 Å². The average molecular weight is 304 g/mol. The minimum Gasteiger partial charge on any atom is -0.393 e. The van der Waals surface area contributed by atoms with Gasteiger partial charge in [0.15, 0.2) is 5.78 Å². The number of hydrogen-bond donors (Lipinski definition) is 2.